The molecule has 1 aliphatic heterocycles. The van der Waals surface area contributed by atoms with Crippen LogP contribution < -0.4 is 10.0 Å². The molecule has 2 aromatic rings. The number of anilines is 2. The minimum atomic E-state index is 1.02. The first-order valence-electron chi connectivity index (χ1n) is 7.94. The number of para-hydroxylation sites is 2. The third kappa shape index (κ3) is 2.64. The van der Waals surface area contributed by atoms with Crippen molar-refractivity contribution in [2.45, 2.75) is 26.7 Å². The number of hydrazine groups is 1. The highest BCUT2D eigenvalue weighted by Gasteiger charge is 2.18. The molecule has 0 bridgehead atoms. The Morgan fingerprint density at radius 3 is 1.45 bits per heavy atom. The average molecular weight is 290 g/mol. The van der Waals surface area contributed by atoms with Gasteiger partial charge in [-0.2, -0.15) is 0 Å². The van der Waals surface area contributed by atoms with E-state index in [2.05, 4.69) is 96.9 Å². The zero-order valence-corrected chi connectivity index (χ0v) is 13.2. The minimum absolute atomic E-state index is 1.02. The van der Waals surface area contributed by atoms with Crippen LogP contribution in [0.25, 0.3) is 0 Å². The third-order valence-corrected chi connectivity index (χ3v) is 4.04. The van der Waals surface area contributed by atoms with Crippen molar-refractivity contribution in [1.82, 2.24) is 0 Å². The fourth-order valence-corrected chi connectivity index (χ4v) is 2.87. The van der Waals surface area contributed by atoms with Gasteiger partial charge in [0.2, 0.25) is 0 Å². The molecule has 0 radical (unpaired) electrons. The van der Waals surface area contributed by atoms with Gasteiger partial charge in [0, 0.05) is 12.4 Å². The third-order valence-electron chi connectivity index (χ3n) is 4.04. The molecule has 1 heterocycles. The summed E-state index contributed by atoms with van der Waals surface area (Å²) in [7, 11) is 0. The van der Waals surface area contributed by atoms with Crippen LogP contribution in [-0.2, 0) is 12.8 Å². The molecule has 0 fully saturated rings. The normalized spacial score (nSPS) is 13.7. The van der Waals surface area contributed by atoms with Crippen molar-refractivity contribution >= 4 is 11.4 Å². The maximum atomic E-state index is 2.23. The van der Waals surface area contributed by atoms with Gasteiger partial charge in [-0.3, -0.25) is 10.0 Å². The Hall–Kier alpha value is -2.48. The molecule has 0 N–H and O–H groups in total. The van der Waals surface area contributed by atoms with E-state index in [0.717, 1.165) is 12.8 Å². The van der Waals surface area contributed by atoms with Crippen LogP contribution >= 0.6 is 0 Å². The van der Waals surface area contributed by atoms with Crippen LogP contribution in [0.5, 0.6) is 0 Å². The molecule has 0 amide bonds. The van der Waals surface area contributed by atoms with Crippen LogP contribution in [0.3, 0.4) is 0 Å². The Labute approximate surface area is 133 Å². The molecule has 22 heavy (non-hydrogen) atoms. The number of hydrogen-bond donors (Lipinski definition) is 0. The highest BCUT2D eigenvalue weighted by atomic mass is 15.6. The van der Waals surface area contributed by atoms with E-state index in [9.17, 15) is 0 Å². The molecular formula is C20H22N2. The smallest absolute Gasteiger partial charge is 0.0661 e. The van der Waals surface area contributed by atoms with Crippen LogP contribution in [0, 0.1) is 0 Å². The number of hydrogen-bond acceptors (Lipinski definition) is 2. The highest BCUT2D eigenvalue weighted by Crippen LogP contribution is 2.30. The number of nitrogens with zero attached hydrogens (tertiary/aromatic N) is 2. The van der Waals surface area contributed by atoms with E-state index in [1.54, 1.807) is 0 Å². The molecule has 0 saturated heterocycles. The summed E-state index contributed by atoms with van der Waals surface area (Å²) in [5.41, 5.74) is 5.16. The summed E-state index contributed by atoms with van der Waals surface area (Å²) in [6.45, 7) is 4.40. The van der Waals surface area contributed by atoms with E-state index in [0.29, 0.717) is 0 Å². The van der Waals surface area contributed by atoms with Crippen LogP contribution in [0.2, 0.25) is 0 Å². The summed E-state index contributed by atoms with van der Waals surface area (Å²) in [6.07, 6.45) is 10.5. The van der Waals surface area contributed by atoms with E-state index in [4.69, 9.17) is 0 Å². The summed E-state index contributed by atoms with van der Waals surface area (Å²) in [4.78, 5) is 0. The highest BCUT2D eigenvalue weighted by molar-refractivity contribution is 5.68. The van der Waals surface area contributed by atoms with Crippen molar-refractivity contribution in [3.63, 3.8) is 0 Å². The number of allylic oxidation sites excluding steroid dienone is 2. The Kier molecular flexibility index (Phi) is 4.29. The van der Waals surface area contributed by atoms with Gasteiger partial charge in [0.15, 0.2) is 0 Å². The fraction of sp³-hybridized carbons (Fsp3) is 0.200. The van der Waals surface area contributed by atoms with Gasteiger partial charge in [-0.15, -0.1) is 0 Å². The summed E-state index contributed by atoms with van der Waals surface area (Å²) in [5, 5.41) is 4.46. The predicted octanol–water partition coefficient (Wildman–Crippen LogP) is 5.08. The maximum Gasteiger partial charge on any atom is 0.0661 e. The van der Waals surface area contributed by atoms with E-state index in [-0.39, 0.29) is 0 Å². The van der Waals surface area contributed by atoms with Crippen LogP contribution in [0.1, 0.15) is 25.0 Å². The second-order valence-electron chi connectivity index (χ2n) is 5.34. The van der Waals surface area contributed by atoms with Crippen molar-refractivity contribution < 1.29 is 0 Å². The van der Waals surface area contributed by atoms with Gasteiger partial charge in [0.25, 0.3) is 0 Å². The summed E-state index contributed by atoms with van der Waals surface area (Å²) in [5.74, 6) is 0. The zero-order valence-electron chi connectivity index (χ0n) is 13.2. The van der Waals surface area contributed by atoms with Crippen LogP contribution in [-0.4, -0.2) is 0 Å². The average Bonchev–Trinajstić information content (AvgIpc) is 2.61. The van der Waals surface area contributed by atoms with E-state index in [1.165, 1.54) is 22.5 Å². The lowest BCUT2D eigenvalue weighted by Gasteiger charge is -2.37. The SMILES string of the molecule is CCc1ccccc1N1C=CC=CN1c1ccccc1CC. The van der Waals surface area contributed by atoms with E-state index < -0.39 is 0 Å². The zero-order chi connectivity index (χ0) is 15.4. The van der Waals surface area contributed by atoms with Gasteiger partial charge >= 0.3 is 0 Å². The van der Waals surface area contributed by atoms with Gasteiger partial charge in [-0.05, 0) is 48.3 Å². The van der Waals surface area contributed by atoms with Crippen molar-refractivity contribution in [3.05, 3.63) is 84.2 Å². The molecule has 0 aromatic heterocycles. The van der Waals surface area contributed by atoms with Crippen molar-refractivity contribution in [3.8, 4) is 0 Å². The molecular weight excluding hydrogens is 268 g/mol. The Balaban J connectivity index is 2.06. The summed E-state index contributed by atoms with van der Waals surface area (Å²) < 4.78 is 0. The van der Waals surface area contributed by atoms with Gasteiger partial charge in [-0.25, -0.2) is 0 Å². The molecule has 3 rings (SSSR count). The van der Waals surface area contributed by atoms with E-state index >= 15 is 0 Å². The van der Waals surface area contributed by atoms with Gasteiger partial charge < -0.3 is 0 Å². The lowest BCUT2D eigenvalue weighted by atomic mass is 10.1. The molecule has 2 heteroatoms. The molecule has 0 atom stereocenters. The predicted molar refractivity (Wildman–Crippen MR) is 94.9 cm³/mol. The lowest BCUT2D eigenvalue weighted by molar-refractivity contribution is 0.931. The molecule has 112 valence electrons. The minimum Gasteiger partial charge on any atom is -0.257 e. The Morgan fingerprint density at radius 1 is 0.636 bits per heavy atom. The molecule has 0 saturated carbocycles. The molecule has 2 nitrogen and oxygen atoms in total. The van der Waals surface area contributed by atoms with Crippen molar-refractivity contribution in [2.75, 3.05) is 10.0 Å². The standard InChI is InChI=1S/C20H22N2/c1-3-17-11-5-7-13-19(17)21-15-9-10-16-22(21)20-14-8-6-12-18(20)4-2/h5-16H,3-4H2,1-2H3. The maximum absolute atomic E-state index is 2.23. The first-order valence-corrected chi connectivity index (χ1v) is 7.94. The Bertz CT molecular complexity index is 639. The number of rotatable bonds is 4. The number of benzene rings is 2. The van der Waals surface area contributed by atoms with E-state index in [1.807, 2.05) is 0 Å². The summed E-state index contributed by atoms with van der Waals surface area (Å²) in [6, 6.07) is 17.2. The first kappa shape index (κ1) is 14.5. The first-order chi connectivity index (χ1) is 10.8. The molecule has 0 aliphatic carbocycles. The quantitative estimate of drug-likeness (QED) is 0.774. The molecule has 0 spiro atoms. The largest absolute Gasteiger partial charge is 0.257 e. The van der Waals surface area contributed by atoms with Crippen LogP contribution in [0.4, 0.5) is 11.4 Å². The van der Waals surface area contributed by atoms with Gasteiger partial charge in [-0.1, -0.05) is 50.2 Å². The summed E-state index contributed by atoms with van der Waals surface area (Å²) >= 11 is 0. The monoisotopic (exact) mass is 290 g/mol. The Morgan fingerprint density at radius 2 is 1.05 bits per heavy atom. The van der Waals surface area contributed by atoms with Crippen LogP contribution in [0.15, 0.2) is 73.1 Å². The topological polar surface area (TPSA) is 6.48 Å². The second-order valence-corrected chi connectivity index (χ2v) is 5.34. The fourth-order valence-electron chi connectivity index (χ4n) is 2.87. The molecule has 2 aromatic carbocycles. The van der Waals surface area contributed by atoms with Gasteiger partial charge in [0.1, 0.15) is 0 Å². The number of aryl methyl sites for hydroxylation is 2. The lowest BCUT2D eigenvalue weighted by Crippen LogP contribution is -2.37. The molecule has 0 unspecified atom stereocenters. The second kappa shape index (κ2) is 6.52. The van der Waals surface area contributed by atoms with Crippen molar-refractivity contribution in [2.24, 2.45) is 0 Å². The molecule has 1 aliphatic rings. The van der Waals surface area contributed by atoms with Gasteiger partial charge in [0.05, 0.1) is 11.4 Å². The van der Waals surface area contributed by atoms with Crippen molar-refractivity contribution in [1.29, 1.82) is 0 Å².